The minimum atomic E-state index is 0.575. The van der Waals surface area contributed by atoms with Gasteiger partial charge >= 0.3 is 0 Å². The molecule has 2 heteroatoms. The van der Waals surface area contributed by atoms with Crippen molar-refractivity contribution in [1.82, 2.24) is 5.32 Å². The third-order valence-electron chi connectivity index (χ3n) is 3.52. The molecule has 2 atom stereocenters. The highest BCUT2D eigenvalue weighted by molar-refractivity contribution is 5.53. The summed E-state index contributed by atoms with van der Waals surface area (Å²) in [6.45, 7) is 9.01. The third-order valence-corrected chi connectivity index (χ3v) is 3.52. The van der Waals surface area contributed by atoms with Crippen LogP contribution in [-0.2, 0) is 0 Å². The van der Waals surface area contributed by atoms with Crippen molar-refractivity contribution in [2.45, 2.75) is 39.3 Å². The van der Waals surface area contributed by atoms with Gasteiger partial charge in [0.15, 0.2) is 0 Å². The molecule has 1 aromatic rings. The largest absolute Gasteiger partial charge is 0.367 e. The lowest BCUT2D eigenvalue weighted by atomic mass is 10.1. The number of rotatable bonds is 1. The minimum Gasteiger partial charge on any atom is -0.367 e. The van der Waals surface area contributed by atoms with Gasteiger partial charge in [0, 0.05) is 30.9 Å². The monoisotopic (exact) mass is 218 g/mol. The number of aryl methyl sites for hydroxylation is 1. The van der Waals surface area contributed by atoms with Gasteiger partial charge in [-0.1, -0.05) is 18.2 Å². The first-order valence-corrected chi connectivity index (χ1v) is 6.24. The van der Waals surface area contributed by atoms with Crippen LogP contribution in [0.5, 0.6) is 0 Å². The van der Waals surface area contributed by atoms with Crippen LogP contribution in [0.25, 0.3) is 0 Å². The normalized spacial score (nSPS) is 26.6. The van der Waals surface area contributed by atoms with E-state index >= 15 is 0 Å². The molecule has 0 spiro atoms. The van der Waals surface area contributed by atoms with Gasteiger partial charge in [-0.3, -0.25) is 0 Å². The lowest BCUT2D eigenvalue weighted by molar-refractivity contribution is 0.548. The summed E-state index contributed by atoms with van der Waals surface area (Å²) in [7, 11) is 0. The summed E-state index contributed by atoms with van der Waals surface area (Å²) in [5.41, 5.74) is 2.77. The summed E-state index contributed by atoms with van der Waals surface area (Å²) in [4.78, 5) is 2.53. The average Bonchev–Trinajstić information content (AvgIpc) is 2.43. The van der Waals surface area contributed by atoms with Gasteiger partial charge in [0.25, 0.3) is 0 Å². The highest BCUT2D eigenvalue weighted by Gasteiger charge is 2.20. The number of hydrogen-bond acceptors (Lipinski definition) is 2. The molecule has 0 amide bonds. The smallest absolute Gasteiger partial charge is 0.0398 e. The van der Waals surface area contributed by atoms with E-state index in [0.717, 1.165) is 13.1 Å². The number of anilines is 1. The van der Waals surface area contributed by atoms with Crippen LogP contribution < -0.4 is 10.2 Å². The van der Waals surface area contributed by atoms with Crippen molar-refractivity contribution < 1.29 is 0 Å². The number of nitrogens with one attached hydrogen (secondary N) is 1. The van der Waals surface area contributed by atoms with Crippen molar-refractivity contribution in [1.29, 1.82) is 0 Å². The maximum Gasteiger partial charge on any atom is 0.0398 e. The Balaban J connectivity index is 2.22. The summed E-state index contributed by atoms with van der Waals surface area (Å²) in [5, 5.41) is 3.57. The van der Waals surface area contributed by atoms with E-state index in [2.05, 4.69) is 55.3 Å². The SMILES string of the molecule is Cc1ccccc1N1CCC(C)NCC1C. The van der Waals surface area contributed by atoms with Crippen LogP contribution in [0.4, 0.5) is 5.69 Å². The molecule has 1 saturated heterocycles. The Morgan fingerprint density at radius 3 is 2.75 bits per heavy atom. The van der Waals surface area contributed by atoms with Crippen LogP contribution in [-0.4, -0.2) is 25.2 Å². The average molecular weight is 218 g/mol. The van der Waals surface area contributed by atoms with Crippen LogP contribution in [0, 0.1) is 6.92 Å². The second-order valence-electron chi connectivity index (χ2n) is 4.93. The van der Waals surface area contributed by atoms with Gasteiger partial charge in [-0.2, -0.15) is 0 Å². The van der Waals surface area contributed by atoms with Crippen molar-refractivity contribution in [2.24, 2.45) is 0 Å². The van der Waals surface area contributed by atoms with Crippen LogP contribution >= 0.6 is 0 Å². The van der Waals surface area contributed by atoms with Crippen molar-refractivity contribution >= 4 is 5.69 Å². The molecule has 88 valence electrons. The minimum absolute atomic E-state index is 0.575. The zero-order valence-electron chi connectivity index (χ0n) is 10.5. The molecule has 1 aliphatic rings. The predicted molar refractivity (Wildman–Crippen MR) is 70.1 cm³/mol. The molecule has 0 aromatic heterocycles. The van der Waals surface area contributed by atoms with Gasteiger partial charge in [0.1, 0.15) is 0 Å². The van der Waals surface area contributed by atoms with Crippen molar-refractivity contribution in [3.8, 4) is 0 Å². The molecule has 2 nitrogen and oxygen atoms in total. The van der Waals surface area contributed by atoms with Gasteiger partial charge in [0.2, 0.25) is 0 Å². The highest BCUT2D eigenvalue weighted by Crippen LogP contribution is 2.23. The van der Waals surface area contributed by atoms with Gasteiger partial charge < -0.3 is 10.2 Å². The summed E-state index contributed by atoms with van der Waals surface area (Å²) in [6, 6.07) is 9.90. The molecule has 16 heavy (non-hydrogen) atoms. The number of benzene rings is 1. The molecular weight excluding hydrogens is 196 g/mol. The first-order valence-electron chi connectivity index (χ1n) is 6.24. The molecule has 1 fully saturated rings. The maximum absolute atomic E-state index is 3.57. The zero-order chi connectivity index (χ0) is 11.5. The van der Waals surface area contributed by atoms with Crippen molar-refractivity contribution in [3.05, 3.63) is 29.8 Å². The number of nitrogens with zero attached hydrogens (tertiary/aromatic N) is 1. The second kappa shape index (κ2) is 4.88. The van der Waals surface area contributed by atoms with E-state index in [-0.39, 0.29) is 0 Å². The topological polar surface area (TPSA) is 15.3 Å². The van der Waals surface area contributed by atoms with E-state index in [1.807, 2.05) is 0 Å². The van der Waals surface area contributed by atoms with E-state index in [0.29, 0.717) is 12.1 Å². The molecule has 0 radical (unpaired) electrons. The molecular formula is C14H22N2. The van der Waals surface area contributed by atoms with Gasteiger partial charge in [-0.15, -0.1) is 0 Å². The van der Waals surface area contributed by atoms with E-state index in [9.17, 15) is 0 Å². The molecule has 0 saturated carbocycles. The van der Waals surface area contributed by atoms with Crippen molar-refractivity contribution in [2.75, 3.05) is 18.0 Å². The Labute approximate surface area is 98.7 Å². The zero-order valence-corrected chi connectivity index (χ0v) is 10.5. The lowest BCUT2D eigenvalue weighted by Crippen LogP contribution is -2.38. The van der Waals surface area contributed by atoms with E-state index in [1.165, 1.54) is 17.7 Å². The first-order chi connectivity index (χ1) is 7.68. The molecule has 2 rings (SSSR count). The third kappa shape index (κ3) is 2.38. The standard InChI is InChI=1S/C14H22N2/c1-11-6-4-5-7-14(11)16-9-8-12(2)15-10-13(16)3/h4-7,12-13,15H,8-10H2,1-3H3. The molecule has 0 aliphatic carbocycles. The van der Waals surface area contributed by atoms with Gasteiger partial charge in [-0.05, 0) is 38.8 Å². The van der Waals surface area contributed by atoms with Crippen LogP contribution in [0.2, 0.25) is 0 Å². The van der Waals surface area contributed by atoms with Crippen molar-refractivity contribution in [3.63, 3.8) is 0 Å². The molecule has 1 heterocycles. The predicted octanol–water partition coefficient (Wildman–Crippen LogP) is 2.57. The summed E-state index contributed by atoms with van der Waals surface area (Å²) >= 11 is 0. The Kier molecular flexibility index (Phi) is 3.49. The first kappa shape index (κ1) is 11.5. The quantitative estimate of drug-likeness (QED) is 0.779. The Morgan fingerprint density at radius 1 is 1.25 bits per heavy atom. The van der Waals surface area contributed by atoms with E-state index in [1.54, 1.807) is 0 Å². The Hall–Kier alpha value is -1.02. The number of para-hydroxylation sites is 1. The molecule has 1 aromatic carbocycles. The summed E-state index contributed by atoms with van der Waals surface area (Å²) in [6.07, 6.45) is 1.22. The van der Waals surface area contributed by atoms with Gasteiger partial charge in [0.05, 0.1) is 0 Å². The Morgan fingerprint density at radius 2 is 2.00 bits per heavy atom. The number of hydrogen-bond donors (Lipinski definition) is 1. The van der Waals surface area contributed by atoms with E-state index < -0.39 is 0 Å². The molecule has 2 unspecified atom stereocenters. The molecule has 0 bridgehead atoms. The summed E-state index contributed by atoms with van der Waals surface area (Å²) in [5.74, 6) is 0. The Bertz CT molecular complexity index is 348. The fourth-order valence-corrected chi connectivity index (χ4v) is 2.38. The summed E-state index contributed by atoms with van der Waals surface area (Å²) < 4.78 is 0. The fraction of sp³-hybridized carbons (Fsp3) is 0.571. The maximum atomic E-state index is 3.57. The lowest BCUT2D eigenvalue weighted by Gasteiger charge is -2.30. The second-order valence-corrected chi connectivity index (χ2v) is 4.93. The molecule has 1 N–H and O–H groups in total. The van der Waals surface area contributed by atoms with Crippen LogP contribution in [0.15, 0.2) is 24.3 Å². The van der Waals surface area contributed by atoms with Gasteiger partial charge in [-0.25, -0.2) is 0 Å². The van der Waals surface area contributed by atoms with Crippen LogP contribution in [0.3, 0.4) is 0 Å². The highest BCUT2D eigenvalue weighted by atomic mass is 15.2. The van der Waals surface area contributed by atoms with Crippen LogP contribution in [0.1, 0.15) is 25.8 Å². The molecule has 1 aliphatic heterocycles. The fourth-order valence-electron chi connectivity index (χ4n) is 2.38. The van der Waals surface area contributed by atoms with E-state index in [4.69, 9.17) is 0 Å².